The van der Waals surface area contributed by atoms with Gasteiger partial charge in [0.25, 0.3) is 11.5 Å². The highest BCUT2D eigenvalue weighted by Gasteiger charge is 2.25. The number of methoxy groups -OCH3 is 1. The lowest BCUT2D eigenvalue weighted by Crippen LogP contribution is -2.38. The summed E-state index contributed by atoms with van der Waals surface area (Å²) in [6, 6.07) is 8.13. The van der Waals surface area contributed by atoms with Crippen molar-refractivity contribution in [3.8, 4) is 11.5 Å². The number of aromatic nitrogens is 1. The van der Waals surface area contributed by atoms with Gasteiger partial charge in [-0.25, -0.2) is 0 Å². The molecule has 1 aliphatic heterocycles. The molecule has 0 atom stereocenters. The minimum Gasteiger partial charge on any atom is -0.491 e. The van der Waals surface area contributed by atoms with Crippen LogP contribution >= 0.6 is 0 Å². The van der Waals surface area contributed by atoms with Gasteiger partial charge in [0, 0.05) is 18.3 Å². The monoisotopic (exact) mass is 342 g/mol. The van der Waals surface area contributed by atoms with Crippen molar-refractivity contribution >= 4 is 17.4 Å². The number of carbonyl (C=O) groups excluding carboxylic acids is 2. The highest BCUT2D eigenvalue weighted by molar-refractivity contribution is 6.01. The zero-order valence-electron chi connectivity index (χ0n) is 14.0. The average Bonchev–Trinajstić information content (AvgIpc) is 2.62. The van der Waals surface area contributed by atoms with E-state index in [0.717, 1.165) is 0 Å². The van der Waals surface area contributed by atoms with E-state index in [1.54, 1.807) is 35.2 Å². The van der Waals surface area contributed by atoms with Crippen LogP contribution in [-0.2, 0) is 11.3 Å². The smallest absolute Gasteiger partial charge is 0.293 e. The van der Waals surface area contributed by atoms with Crippen LogP contribution in [0.3, 0.4) is 0 Å². The Bertz CT molecular complexity index is 887. The SMILES string of the molecule is CCN1C(=O)COc2ccc(C(=O)Cn3cccc(OC)c3=O)cc21. The van der Waals surface area contributed by atoms with E-state index in [4.69, 9.17) is 9.47 Å². The molecular weight excluding hydrogens is 324 g/mol. The highest BCUT2D eigenvalue weighted by Crippen LogP contribution is 2.33. The van der Waals surface area contributed by atoms with Gasteiger partial charge in [0.1, 0.15) is 5.75 Å². The molecule has 0 N–H and O–H groups in total. The first-order valence-corrected chi connectivity index (χ1v) is 7.89. The molecule has 2 heterocycles. The summed E-state index contributed by atoms with van der Waals surface area (Å²) < 4.78 is 11.7. The van der Waals surface area contributed by atoms with Gasteiger partial charge in [0.05, 0.1) is 19.3 Å². The number of likely N-dealkylation sites (N-methyl/N-ethyl adjacent to an activating group) is 1. The molecule has 25 heavy (non-hydrogen) atoms. The summed E-state index contributed by atoms with van der Waals surface area (Å²) in [7, 11) is 1.41. The Labute approximate surface area is 144 Å². The zero-order chi connectivity index (χ0) is 18.0. The van der Waals surface area contributed by atoms with Crippen molar-refractivity contribution in [2.24, 2.45) is 0 Å². The molecule has 0 unspecified atom stereocenters. The molecule has 130 valence electrons. The predicted molar refractivity (Wildman–Crippen MR) is 91.5 cm³/mol. The summed E-state index contributed by atoms with van der Waals surface area (Å²) in [5.41, 5.74) is 0.609. The Hall–Kier alpha value is -3.09. The van der Waals surface area contributed by atoms with Gasteiger partial charge in [-0.1, -0.05) is 0 Å². The summed E-state index contributed by atoms with van der Waals surface area (Å²) in [4.78, 5) is 38.2. The van der Waals surface area contributed by atoms with E-state index in [-0.39, 0.29) is 36.2 Å². The number of fused-ring (bicyclic) bond motifs is 1. The molecule has 0 spiro atoms. The summed E-state index contributed by atoms with van der Waals surface area (Å²) in [6.07, 6.45) is 1.53. The number of pyridine rings is 1. The number of rotatable bonds is 5. The van der Waals surface area contributed by atoms with E-state index in [2.05, 4.69) is 0 Å². The van der Waals surface area contributed by atoms with Crippen molar-refractivity contribution in [2.75, 3.05) is 25.2 Å². The van der Waals surface area contributed by atoms with Gasteiger partial charge in [-0.3, -0.25) is 14.4 Å². The lowest BCUT2D eigenvalue weighted by molar-refractivity contribution is -0.121. The molecule has 1 amide bonds. The molecule has 1 aromatic heterocycles. The third-order valence-corrected chi connectivity index (χ3v) is 4.06. The number of Topliss-reactive ketones (excluding diaryl/α,β-unsaturated/α-hetero) is 1. The number of carbonyl (C=O) groups is 2. The third kappa shape index (κ3) is 3.13. The number of ketones is 1. The third-order valence-electron chi connectivity index (χ3n) is 4.06. The number of nitrogens with zero attached hydrogens (tertiary/aromatic N) is 2. The first-order chi connectivity index (χ1) is 12.0. The highest BCUT2D eigenvalue weighted by atomic mass is 16.5. The molecular formula is C18H18N2O5. The largest absolute Gasteiger partial charge is 0.491 e. The molecule has 2 aromatic rings. The van der Waals surface area contributed by atoms with E-state index < -0.39 is 0 Å². The summed E-state index contributed by atoms with van der Waals surface area (Å²) in [6.45, 7) is 2.22. The molecule has 3 rings (SSSR count). The van der Waals surface area contributed by atoms with Crippen LogP contribution < -0.4 is 19.9 Å². The van der Waals surface area contributed by atoms with Gasteiger partial charge < -0.3 is 18.9 Å². The van der Waals surface area contributed by atoms with Crippen LogP contribution in [0, 0.1) is 0 Å². The van der Waals surface area contributed by atoms with Crippen LogP contribution in [0.1, 0.15) is 17.3 Å². The second-order valence-corrected chi connectivity index (χ2v) is 5.54. The Balaban J connectivity index is 1.90. The number of ether oxygens (including phenoxy) is 2. The maximum Gasteiger partial charge on any atom is 0.293 e. The fourth-order valence-corrected chi connectivity index (χ4v) is 2.76. The standard InChI is InChI=1S/C18H18N2O5/c1-3-20-13-9-12(6-7-15(13)25-11-17(20)22)14(21)10-19-8-4-5-16(24-2)18(19)23/h4-9H,3,10-11H2,1-2H3. The molecule has 1 aliphatic rings. The molecule has 0 radical (unpaired) electrons. The van der Waals surface area contributed by atoms with Gasteiger partial charge >= 0.3 is 0 Å². The van der Waals surface area contributed by atoms with Crippen LogP contribution in [0.25, 0.3) is 0 Å². The topological polar surface area (TPSA) is 77.8 Å². The fourth-order valence-electron chi connectivity index (χ4n) is 2.76. The minimum absolute atomic E-state index is 0.00661. The summed E-state index contributed by atoms with van der Waals surface area (Å²) in [5.74, 6) is 0.351. The van der Waals surface area contributed by atoms with Crippen molar-refractivity contribution in [3.05, 3.63) is 52.4 Å². The van der Waals surface area contributed by atoms with Crippen LogP contribution in [0.2, 0.25) is 0 Å². The van der Waals surface area contributed by atoms with Gasteiger partial charge in [-0.2, -0.15) is 0 Å². The van der Waals surface area contributed by atoms with Crippen molar-refractivity contribution < 1.29 is 19.1 Å². The maximum atomic E-state index is 12.6. The number of hydrogen-bond acceptors (Lipinski definition) is 5. The van der Waals surface area contributed by atoms with E-state index >= 15 is 0 Å². The fraction of sp³-hybridized carbons (Fsp3) is 0.278. The quantitative estimate of drug-likeness (QED) is 0.769. The van der Waals surface area contributed by atoms with Gasteiger partial charge in [0.2, 0.25) is 0 Å². The van der Waals surface area contributed by atoms with Crippen LogP contribution in [0.15, 0.2) is 41.3 Å². The first kappa shape index (κ1) is 16.8. The van der Waals surface area contributed by atoms with E-state index in [9.17, 15) is 14.4 Å². The van der Waals surface area contributed by atoms with Crippen LogP contribution in [0.4, 0.5) is 5.69 Å². The van der Waals surface area contributed by atoms with Crippen molar-refractivity contribution in [2.45, 2.75) is 13.5 Å². The Morgan fingerprint density at radius 3 is 2.80 bits per heavy atom. The molecule has 0 aliphatic carbocycles. The van der Waals surface area contributed by atoms with E-state index in [1.165, 1.54) is 17.9 Å². The molecule has 7 nitrogen and oxygen atoms in total. The lowest BCUT2D eigenvalue weighted by Gasteiger charge is -2.28. The van der Waals surface area contributed by atoms with Crippen molar-refractivity contribution in [1.82, 2.24) is 4.57 Å². The maximum absolute atomic E-state index is 12.6. The first-order valence-electron chi connectivity index (χ1n) is 7.89. The lowest BCUT2D eigenvalue weighted by atomic mass is 10.1. The average molecular weight is 342 g/mol. The van der Waals surface area contributed by atoms with Gasteiger partial charge in [-0.05, 0) is 37.3 Å². The number of benzene rings is 1. The second-order valence-electron chi connectivity index (χ2n) is 5.54. The van der Waals surface area contributed by atoms with Crippen molar-refractivity contribution in [1.29, 1.82) is 0 Å². The number of hydrogen-bond donors (Lipinski definition) is 0. The molecule has 1 aromatic carbocycles. The minimum atomic E-state index is -0.370. The van der Waals surface area contributed by atoms with E-state index in [1.807, 2.05) is 6.92 Å². The zero-order valence-corrected chi connectivity index (χ0v) is 14.0. The molecule has 0 fully saturated rings. The second kappa shape index (κ2) is 6.80. The summed E-state index contributed by atoms with van der Waals surface area (Å²) >= 11 is 0. The predicted octanol–water partition coefficient (Wildman–Crippen LogP) is 1.49. The van der Waals surface area contributed by atoms with E-state index in [0.29, 0.717) is 23.5 Å². The number of amides is 1. The summed E-state index contributed by atoms with van der Waals surface area (Å²) in [5, 5.41) is 0. The molecule has 0 saturated heterocycles. The molecule has 0 bridgehead atoms. The van der Waals surface area contributed by atoms with Crippen LogP contribution in [-0.4, -0.2) is 36.5 Å². The van der Waals surface area contributed by atoms with Gasteiger partial charge in [0.15, 0.2) is 18.1 Å². The van der Waals surface area contributed by atoms with Gasteiger partial charge in [-0.15, -0.1) is 0 Å². The van der Waals surface area contributed by atoms with Crippen LogP contribution in [0.5, 0.6) is 11.5 Å². The molecule has 7 heteroatoms. The van der Waals surface area contributed by atoms with Crippen molar-refractivity contribution in [3.63, 3.8) is 0 Å². The Morgan fingerprint density at radius 2 is 2.08 bits per heavy atom. The number of anilines is 1. The Morgan fingerprint density at radius 1 is 1.28 bits per heavy atom. The normalized spacial score (nSPS) is 13.2. The Kier molecular flexibility index (Phi) is 4.56. The molecule has 0 saturated carbocycles.